The lowest BCUT2D eigenvalue weighted by Crippen LogP contribution is -2.61. The van der Waals surface area contributed by atoms with E-state index < -0.39 is 0 Å². The van der Waals surface area contributed by atoms with Gasteiger partial charge in [-0.05, 0) is 56.4 Å². The summed E-state index contributed by atoms with van der Waals surface area (Å²) in [5, 5.41) is 0. The van der Waals surface area contributed by atoms with E-state index in [2.05, 4.69) is 37.5 Å². The van der Waals surface area contributed by atoms with Gasteiger partial charge in [0, 0.05) is 32.1 Å². The number of hydrogen-bond donors (Lipinski definition) is 0. The molecule has 2 aliphatic rings. The first-order valence-electron chi connectivity index (χ1n) is 14.1. The fraction of sp³-hybridized carbons (Fsp3) is 0.964. The van der Waals surface area contributed by atoms with Gasteiger partial charge in [0.1, 0.15) is 0 Å². The molecule has 1 atom stereocenters. The predicted octanol–water partition coefficient (Wildman–Crippen LogP) is 7.29. The molecule has 2 saturated heterocycles. The Kier molecular flexibility index (Phi) is 12.5. The van der Waals surface area contributed by atoms with Crippen molar-refractivity contribution in [3.05, 3.63) is 0 Å². The van der Waals surface area contributed by atoms with Gasteiger partial charge in [0.2, 0.25) is 5.91 Å². The van der Waals surface area contributed by atoms with E-state index in [-0.39, 0.29) is 5.92 Å². The molecular weight excluding hydrogens is 380 g/mol. The highest BCUT2D eigenvalue weighted by molar-refractivity contribution is 5.78. The second-order valence-corrected chi connectivity index (χ2v) is 11.0. The maximum atomic E-state index is 12.9. The van der Waals surface area contributed by atoms with Gasteiger partial charge in [-0.2, -0.15) is 0 Å². The van der Waals surface area contributed by atoms with E-state index in [9.17, 15) is 4.79 Å². The van der Waals surface area contributed by atoms with Crippen LogP contribution in [0.1, 0.15) is 124 Å². The molecule has 1 amide bonds. The number of rotatable bonds is 16. The SMILES string of the molecule is CCCCCC(CCCC)CCCN1CC2(CCN(C(=O)C(CCC)CCC)CC2)C1. The van der Waals surface area contributed by atoms with Crippen LogP contribution in [0, 0.1) is 17.3 Å². The Morgan fingerprint density at radius 1 is 0.742 bits per heavy atom. The lowest BCUT2D eigenvalue weighted by molar-refractivity contribution is -0.141. The van der Waals surface area contributed by atoms with Crippen LogP contribution in [0.3, 0.4) is 0 Å². The molecule has 0 radical (unpaired) electrons. The maximum absolute atomic E-state index is 12.9. The molecule has 2 rings (SSSR count). The molecule has 0 bridgehead atoms. The van der Waals surface area contributed by atoms with Gasteiger partial charge >= 0.3 is 0 Å². The monoisotopic (exact) mass is 434 g/mol. The van der Waals surface area contributed by atoms with Gasteiger partial charge in [-0.25, -0.2) is 0 Å². The number of carbonyl (C=O) groups excluding carboxylic acids is 1. The van der Waals surface area contributed by atoms with E-state index in [1.807, 2.05) is 0 Å². The molecule has 3 heteroatoms. The van der Waals surface area contributed by atoms with Crippen LogP contribution in [0.2, 0.25) is 0 Å². The highest BCUT2D eigenvalue weighted by Crippen LogP contribution is 2.41. The number of nitrogens with zero attached hydrogens (tertiary/aromatic N) is 2. The van der Waals surface area contributed by atoms with Gasteiger partial charge in [-0.15, -0.1) is 0 Å². The van der Waals surface area contributed by atoms with Crippen molar-refractivity contribution < 1.29 is 4.79 Å². The fourth-order valence-corrected chi connectivity index (χ4v) is 6.14. The Morgan fingerprint density at radius 2 is 1.32 bits per heavy atom. The van der Waals surface area contributed by atoms with E-state index in [0.29, 0.717) is 11.3 Å². The van der Waals surface area contributed by atoms with Crippen molar-refractivity contribution >= 4 is 5.91 Å². The molecular formula is C28H54N2O. The van der Waals surface area contributed by atoms with Crippen LogP contribution < -0.4 is 0 Å². The lowest BCUT2D eigenvalue weighted by atomic mass is 9.71. The molecule has 2 fully saturated rings. The van der Waals surface area contributed by atoms with E-state index in [0.717, 1.165) is 44.7 Å². The average molecular weight is 435 g/mol. The molecule has 0 saturated carbocycles. The van der Waals surface area contributed by atoms with Gasteiger partial charge < -0.3 is 9.80 Å². The second-order valence-electron chi connectivity index (χ2n) is 11.0. The maximum Gasteiger partial charge on any atom is 0.225 e. The summed E-state index contributed by atoms with van der Waals surface area (Å²) in [6, 6.07) is 0. The minimum Gasteiger partial charge on any atom is -0.342 e. The standard InChI is InChI=1S/C28H54N2O/c1-5-9-11-16-25(15-10-6-2)17-12-20-29-23-28(24-29)18-21-30(22-19-28)27(31)26(13-7-3)14-8-4/h25-26H,5-24H2,1-4H3. The normalized spacial score (nSPS) is 19.7. The molecule has 0 aromatic carbocycles. The summed E-state index contributed by atoms with van der Waals surface area (Å²) in [5.41, 5.74) is 0.532. The zero-order valence-electron chi connectivity index (χ0n) is 21.6. The third kappa shape index (κ3) is 8.71. The summed E-state index contributed by atoms with van der Waals surface area (Å²) in [4.78, 5) is 17.9. The van der Waals surface area contributed by atoms with Crippen LogP contribution >= 0.6 is 0 Å². The first kappa shape index (κ1) is 26.7. The summed E-state index contributed by atoms with van der Waals surface area (Å²) in [6.07, 6.45) is 19.5. The minimum absolute atomic E-state index is 0.278. The van der Waals surface area contributed by atoms with Gasteiger partial charge in [-0.3, -0.25) is 4.79 Å². The quantitative estimate of drug-likeness (QED) is 0.238. The summed E-state index contributed by atoms with van der Waals surface area (Å²) in [6.45, 7) is 15.0. The summed E-state index contributed by atoms with van der Waals surface area (Å²) >= 11 is 0. The Morgan fingerprint density at radius 3 is 1.90 bits per heavy atom. The van der Waals surface area contributed by atoms with Crippen molar-refractivity contribution in [3.8, 4) is 0 Å². The Balaban J connectivity index is 1.65. The molecule has 0 aromatic heterocycles. The highest BCUT2D eigenvalue weighted by atomic mass is 16.2. The third-order valence-corrected chi connectivity index (χ3v) is 8.15. The minimum atomic E-state index is 0.278. The molecule has 0 aliphatic carbocycles. The van der Waals surface area contributed by atoms with E-state index in [4.69, 9.17) is 0 Å². The first-order valence-corrected chi connectivity index (χ1v) is 14.1. The van der Waals surface area contributed by atoms with Crippen LogP contribution in [-0.2, 0) is 4.79 Å². The van der Waals surface area contributed by atoms with Crippen molar-refractivity contribution in [1.29, 1.82) is 0 Å². The number of carbonyl (C=O) groups is 1. The highest BCUT2D eigenvalue weighted by Gasteiger charge is 2.45. The number of piperidine rings is 1. The van der Waals surface area contributed by atoms with Gasteiger partial charge in [0.25, 0.3) is 0 Å². The predicted molar refractivity (Wildman–Crippen MR) is 134 cm³/mol. The van der Waals surface area contributed by atoms with Crippen molar-refractivity contribution in [2.45, 2.75) is 124 Å². The number of amides is 1. The van der Waals surface area contributed by atoms with Crippen LogP contribution in [0.4, 0.5) is 0 Å². The Labute approximate surface area is 194 Å². The number of hydrogen-bond acceptors (Lipinski definition) is 2. The van der Waals surface area contributed by atoms with Crippen molar-refractivity contribution in [2.75, 3.05) is 32.7 Å². The molecule has 0 aromatic rings. The zero-order valence-corrected chi connectivity index (χ0v) is 21.6. The molecule has 31 heavy (non-hydrogen) atoms. The zero-order chi connectivity index (χ0) is 22.5. The molecule has 3 nitrogen and oxygen atoms in total. The lowest BCUT2D eigenvalue weighted by Gasteiger charge is -2.54. The van der Waals surface area contributed by atoms with Gasteiger partial charge in [0.15, 0.2) is 0 Å². The average Bonchev–Trinajstić information content (AvgIpc) is 2.75. The van der Waals surface area contributed by atoms with Crippen molar-refractivity contribution in [1.82, 2.24) is 9.80 Å². The Hall–Kier alpha value is -0.570. The van der Waals surface area contributed by atoms with E-state index in [1.165, 1.54) is 90.3 Å². The smallest absolute Gasteiger partial charge is 0.225 e. The fourth-order valence-electron chi connectivity index (χ4n) is 6.14. The Bertz CT molecular complexity index is 469. The third-order valence-electron chi connectivity index (χ3n) is 8.15. The second kappa shape index (κ2) is 14.6. The molecule has 2 aliphatic heterocycles. The summed E-state index contributed by atoms with van der Waals surface area (Å²) < 4.78 is 0. The van der Waals surface area contributed by atoms with Crippen LogP contribution in [0.5, 0.6) is 0 Å². The topological polar surface area (TPSA) is 23.6 Å². The van der Waals surface area contributed by atoms with Crippen LogP contribution in [0.15, 0.2) is 0 Å². The summed E-state index contributed by atoms with van der Waals surface area (Å²) in [5.74, 6) is 1.70. The molecule has 1 spiro atoms. The largest absolute Gasteiger partial charge is 0.342 e. The van der Waals surface area contributed by atoms with E-state index >= 15 is 0 Å². The molecule has 182 valence electrons. The van der Waals surface area contributed by atoms with Crippen molar-refractivity contribution in [3.63, 3.8) is 0 Å². The first-order chi connectivity index (χ1) is 15.1. The molecule has 0 N–H and O–H groups in total. The molecule has 1 unspecified atom stereocenters. The number of likely N-dealkylation sites (tertiary alicyclic amines) is 2. The number of unbranched alkanes of at least 4 members (excludes halogenated alkanes) is 3. The molecule has 2 heterocycles. The van der Waals surface area contributed by atoms with E-state index in [1.54, 1.807) is 0 Å². The summed E-state index contributed by atoms with van der Waals surface area (Å²) in [7, 11) is 0. The van der Waals surface area contributed by atoms with Gasteiger partial charge in [0.05, 0.1) is 0 Å². The van der Waals surface area contributed by atoms with Gasteiger partial charge in [-0.1, -0.05) is 85.5 Å². The van der Waals surface area contributed by atoms with Crippen LogP contribution in [-0.4, -0.2) is 48.4 Å². The van der Waals surface area contributed by atoms with Crippen LogP contribution in [0.25, 0.3) is 0 Å². The van der Waals surface area contributed by atoms with Crippen molar-refractivity contribution in [2.24, 2.45) is 17.3 Å².